The van der Waals surface area contributed by atoms with Crippen molar-refractivity contribution < 1.29 is 0 Å². The van der Waals surface area contributed by atoms with Crippen LogP contribution in [0.3, 0.4) is 0 Å². The Balaban J connectivity index is 1.65. The second-order valence-corrected chi connectivity index (χ2v) is 8.16. The summed E-state index contributed by atoms with van der Waals surface area (Å²) in [7, 11) is 0. The molecule has 5 rings (SSSR count). The number of anilines is 1. The largest absolute Gasteiger partial charge is 0.261 e. The van der Waals surface area contributed by atoms with Crippen LogP contribution in [-0.2, 0) is 0 Å². The summed E-state index contributed by atoms with van der Waals surface area (Å²) in [6.07, 6.45) is 2.70. The molecule has 0 aromatic heterocycles. The van der Waals surface area contributed by atoms with E-state index in [1.165, 1.54) is 29.8 Å². The van der Waals surface area contributed by atoms with Gasteiger partial charge >= 0.3 is 0 Å². The highest BCUT2D eigenvalue weighted by atomic mass is 15.5. The van der Waals surface area contributed by atoms with Gasteiger partial charge in [-0.05, 0) is 47.8 Å². The minimum absolute atomic E-state index is 0.415. The van der Waals surface area contributed by atoms with Crippen LogP contribution in [0.25, 0.3) is 0 Å². The van der Waals surface area contributed by atoms with E-state index in [9.17, 15) is 0 Å². The first-order valence-corrected chi connectivity index (χ1v) is 9.16. The fourth-order valence-corrected chi connectivity index (χ4v) is 5.71. The average molecular weight is 316 g/mol. The van der Waals surface area contributed by atoms with E-state index in [0.717, 1.165) is 11.8 Å². The van der Waals surface area contributed by atoms with Crippen molar-refractivity contribution >= 4 is 11.4 Å². The Labute approximate surface area is 144 Å². The zero-order valence-corrected chi connectivity index (χ0v) is 14.4. The third-order valence-corrected chi connectivity index (χ3v) is 6.82. The highest BCUT2D eigenvalue weighted by molar-refractivity contribution is 6.05. The Hall–Kier alpha value is -2.09. The molecule has 2 aromatic carbocycles. The first-order valence-electron chi connectivity index (χ1n) is 9.16. The molecular weight excluding hydrogens is 292 g/mol. The molecule has 2 aromatic rings. The minimum Gasteiger partial charge on any atom is -0.261 e. The summed E-state index contributed by atoms with van der Waals surface area (Å²) >= 11 is 0. The Morgan fingerprint density at radius 2 is 1.50 bits per heavy atom. The van der Waals surface area contributed by atoms with Gasteiger partial charge in [-0.25, -0.2) is 0 Å². The highest BCUT2D eigenvalue weighted by Crippen LogP contribution is 2.64. The van der Waals surface area contributed by atoms with Gasteiger partial charge in [0.1, 0.15) is 0 Å². The van der Waals surface area contributed by atoms with Crippen molar-refractivity contribution in [2.75, 3.05) is 5.01 Å². The maximum Gasteiger partial charge on any atom is 0.0737 e. The minimum atomic E-state index is 0.415. The zero-order valence-electron chi connectivity index (χ0n) is 14.4. The summed E-state index contributed by atoms with van der Waals surface area (Å²) in [6.45, 7) is 4.97. The lowest BCUT2D eigenvalue weighted by atomic mass is 9.77. The molecule has 0 N–H and O–H groups in total. The maximum atomic E-state index is 5.17. The van der Waals surface area contributed by atoms with Gasteiger partial charge in [0.05, 0.1) is 17.4 Å². The molecule has 2 fully saturated rings. The van der Waals surface area contributed by atoms with Crippen molar-refractivity contribution in [3.63, 3.8) is 0 Å². The third-order valence-electron chi connectivity index (χ3n) is 6.82. The molecule has 0 radical (unpaired) electrons. The lowest BCUT2D eigenvalue weighted by Crippen LogP contribution is -2.38. The van der Waals surface area contributed by atoms with E-state index in [4.69, 9.17) is 5.10 Å². The first kappa shape index (κ1) is 14.3. The number of nitrogens with zero attached hydrogens (tertiary/aromatic N) is 2. The molecular formula is C22H24N2. The maximum absolute atomic E-state index is 5.17. The van der Waals surface area contributed by atoms with E-state index < -0.39 is 0 Å². The monoisotopic (exact) mass is 316 g/mol. The van der Waals surface area contributed by atoms with Gasteiger partial charge in [0.2, 0.25) is 0 Å². The van der Waals surface area contributed by atoms with Gasteiger partial charge in [-0.15, -0.1) is 0 Å². The SMILES string of the molecule is CC1(C)[C@@H]2CC[C@H]1[C@@H]1[C@@H]2C(c2ccccc2)=NN1c1ccccc1. The van der Waals surface area contributed by atoms with Crippen LogP contribution in [0.2, 0.25) is 0 Å². The number of para-hydroxylation sites is 1. The summed E-state index contributed by atoms with van der Waals surface area (Å²) in [5.41, 5.74) is 4.26. The smallest absolute Gasteiger partial charge is 0.0737 e. The predicted molar refractivity (Wildman–Crippen MR) is 99.2 cm³/mol. The summed E-state index contributed by atoms with van der Waals surface area (Å²) < 4.78 is 0. The van der Waals surface area contributed by atoms with Crippen LogP contribution in [0, 0.1) is 23.2 Å². The van der Waals surface area contributed by atoms with Gasteiger partial charge in [0, 0.05) is 5.92 Å². The number of benzene rings is 2. The molecule has 2 saturated carbocycles. The van der Waals surface area contributed by atoms with Crippen molar-refractivity contribution in [2.24, 2.45) is 28.3 Å². The standard InChI is InChI=1S/C22H24N2/c1-22(2)17-13-14-18(22)21-19(17)20(15-9-5-3-6-10-15)23-24(21)16-11-7-4-8-12-16/h3-12,17-19,21H,13-14H2,1-2H3/t17-,18+,19+,21-/m1/s1. The van der Waals surface area contributed by atoms with Crippen LogP contribution in [0.4, 0.5) is 5.69 Å². The molecule has 3 aliphatic rings. The second-order valence-electron chi connectivity index (χ2n) is 8.16. The van der Waals surface area contributed by atoms with Crippen LogP contribution in [0.15, 0.2) is 65.8 Å². The van der Waals surface area contributed by atoms with Gasteiger partial charge < -0.3 is 0 Å². The van der Waals surface area contributed by atoms with E-state index in [0.29, 0.717) is 17.4 Å². The van der Waals surface area contributed by atoms with Gasteiger partial charge in [-0.1, -0.05) is 62.4 Å². The average Bonchev–Trinajstić information content (AvgIpc) is 3.21. The molecule has 2 heteroatoms. The van der Waals surface area contributed by atoms with Gasteiger partial charge in [0.25, 0.3) is 0 Å². The second kappa shape index (κ2) is 4.95. The molecule has 122 valence electrons. The topological polar surface area (TPSA) is 15.6 Å². The summed E-state index contributed by atoms with van der Waals surface area (Å²) in [4.78, 5) is 0. The molecule has 0 unspecified atom stereocenters. The Kier molecular flexibility index (Phi) is 2.94. The fourth-order valence-electron chi connectivity index (χ4n) is 5.71. The molecule has 4 atom stereocenters. The van der Waals surface area contributed by atoms with Crippen molar-refractivity contribution in [3.05, 3.63) is 66.2 Å². The Morgan fingerprint density at radius 1 is 0.875 bits per heavy atom. The van der Waals surface area contributed by atoms with Crippen LogP contribution >= 0.6 is 0 Å². The number of hydrogen-bond acceptors (Lipinski definition) is 2. The summed E-state index contributed by atoms with van der Waals surface area (Å²) in [5.74, 6) is 2.05. The molecule has 24 heavy (non-hydrogen) atoms. The van der Waals surface area contributed by atoms with Crippen LogP contribution in [-0.4, -0.2) is 11.8 Å². The number of rotatable bonds is 2. The van der Waals surface area contributed by atoms with Gasteiger partial charge in [0.15, 0.2) is 0 Å². The molecule has 2 bridgehead atoms. The van der Waals surface area contributed by atoms with E-state index in [2.05, 4.69) is 79.5 Å². The predicted octanol–water partition coefficient (Wildman–Crippen LogP) is 4.96. The van der Waals surface area contributed by atoms with Crippen molar-refractivity contribution in [3.8, 4) is 0 Å². The quantitative estimate of drug-likeness (QED) is 0.764. The molecule has 2 aliphatic carbocycles. The van der Waals surface area contributed by atoms with E-state index >= 15 is 0 Å². The van der Waals surface area contributed by atoms with E-state index in [-0.39, 0.29) is 0 Å². The third kappa shape index (κ3) is 1.80. The zero-order chi connectivity index (χ0) is 16.3. The van der Waals surface area contributed by atoms with E-state index in [1.54, 1.807) is 0 Å². The first-order chi connectivity index (χ1) is 11.7. The van der Waals surface area contributed by atoms with Crippen LogP contribution in [0.1, 0.15) is 32.3 Å². The molecule has 0 saturated heterocycles. The normalized spacial score (nSPS) is 32.8. The molecule has 0 amide bonds. The Bertz CT molecular complexity index is 778. The van der Waals surface area contributed by atoms with Crippen molar-refractivity contribution in [1.29, 1.82) is 0 Å². The van der Waals surface area contributed by atoms with Crippen molar-refractivity contribution in [1.82, 2.24) is 0 Å². The number of hydrogen-bond donors (Lipinski definition) is 0. The van der Waals surface area contributed by atoms with Crippen LogP contribution in [0.5, 0.6) is 0 Å². The van der Waals surface area contributed by atoms with Crippen LogP contribution < -0.4 is 5.01 Å². The number of hydrazone groups is 1. The van der Waals surface area contributed by atoms with Crippen molar-refractivity contribution in [2.45, 2.75) is 32.7 Å². The number of fused-ring (bicyclic) bond motifs is 5. The van der Waals surface area contributed by atoms with Gasteiger partial charge in [-0.3, -0.25) is 5.01 Å². The molecule has 0 spiro atoms. The molecule has 1 aliphatic heterocycles. The fraction of sp³-hybridized carbons (Fsp3) is 0.409. The molecule has 2 nitrogen and oxygen atoms in total. The van der Waals surface area contributed by atoms with Gasteiger partial charge in [-0.2, -0.15) is 5.10 Å². The highest BCUT2D eigenvalue weighted by Gasteiger charge is 2.64. The summed E-state index contributed by atoms with van der Waals surface area (Å²) in [5, 5.41) is 7.52. The lowest BCUT2D eigenvalue weighted by Gasteiger charge is -2.32. The molecule has 1 heterocycles. The summed E-state index contributed by atoms with van der Waals surface area (Å²) in [6, 6.07) is 22.1. The Morgan fingerprint density at radius 3 is 2.21 bits per heavy atom. The van der Waals surface area contributed by atoms with E-state index in [1.807, 2.05) is 0 Å². The lowest BCUT2D eigenvalue weighted by molar-refractivity contribution is 0.246.